The van der Waals surface area contributed by atoms with E-state index in [0.717, 1.165) is 25.9 Å². The largest absolute Gasteiger partial charge is 0.369 e. The Bertz CT molecular complexity index is 616. The van der Waals surface area contributed by atoms with Gasteiger partial charge in [0.25, 0.3) is 0 Å². The molecule has 1 heterocycles. The lowest BCUT2D eigenvalue weighted by Crippen LogP contribution is -2.44. The van der Waals surface area contributed by atoms with Crippen molar-refractivity contribution in [1.29, 1.82) is 5.26 Å². The number of carbonyl (C=O) groups is 1. The van der Waals surface area contributed by atoms with Crippen LogP contribution in [0.4, 0.5) is 15.8 Å². The summed E-state index contributed by atoms with van der Waals surface area (Å²) in [4.78, 5) is 14.2. The highest BCUT2D eigenvalue weighted by Crippen LogP contribution is 2.30. The quantitative estimate of drug-likeness (QED) is 0.662. The molecule has 0 radical (unpaired) electrons. The predicted octanol–water partition coefficient (Wildman–Crippen LogP) is 2.60. The van der Waals surface area contributed by atoms with Crippen LogP contribution in [0.1, 0.15) is 32.1 Å². The maximum absolute atomic E-state index is 14.1. The Labute approximate surface area is 135 Å². The van der Waals surface area contributed by atoms with E-state index in [1.165, 1.54) is 12.5 Å². The van der Waals surface area contributed by atoms with Crippen LogP contribution in [0.2, 0.25) is 0 Å². The van der Waals surface area contributed by atoms with Gasteiger partial charge in [-0.3, -0.25) is 4.79 Å². The Morgan fingerprint density at radius 1 is 1.26 bits per heavy atom. The van der Waals surface area contributed by atoms with E-state index in [-0.39, 0.29) is 23.7 Å². The fourth-order valence-corrected chi connectivity index (χ4v) is 3.25. The zero-order valence-electron chi connectivity index (χ0n) is 13.0. The van der Waals surface area contributed by atoms with E-state index in [0.29, 0.717) is 24.2 Å². The summed E-state index contributed by atoms with van der Waals surface area (Å²) in [6.07, 6.45) is 6.57. The monoisotopic (exact) mass is 316 g/mol. The normalized spacial score (nSPS) is 23.6. The second-order valence-corrected chi connectivity index (χ2v) is 6.32. The van der Waals surface area contributed by atoms with Crippen LogP contribution in [0, 0.1) is 23.2 Å². The fraction of sp³-hybridized carbons (Fsp3) is 0.529. The van der Waals surface area contributed by atoms with Crippen molar-refractivity contribution >= 4 is 17.3 Å². The first-order valence-electron chi connectivity index (χ1n) is 8.17. The van der Waals surface area contributed by atoms with Crippen LogP contribution in [0.15, 0.2) is 18.2 Å². The first-order valence-corrected chi connectivity index (χ1v) is 8.17. The van der Waals surface area contributed by atoms with Crippen LogP contribution < -0.4 is 15.5 Å². The zero-order chi connectivity index (χ0) is 16.2. The summed E-state index contributed by atoms with van der Waals surface area (Å²) < 4.78 is 14.1. The summed E-state index contributed by atoms with van der Waals surface area (Å²) >= 11 is 0. The van der Waals surface area contributed by atoms with E-state index in [1.807, 2.05) is 11.1 Å². The second kappa shape index (κ2) is 6.86. The Hall–Kier alpha value is -2.29. The van der Waals surface area contributed by atoms with Crippen LogP contribution >= 0.6 is 0 Å². The number of nitrogens with zero attached hydrogens (tertiary/aromatic N) is 2. The molecule has 0 spiro atoms. The van der Waals surface area contributed by atoms with Gasteiger partial charge >= 0.3 is 0 Å². The molecule has 6 heteroatoms. The predicted molar refractivity (Wildman–Crippen MR) is 86.4 cm³/mol. The highest BCUT2D eigenvalue weighted by molar-refractivity contribution is 5.93. The van der Waals surface area contributed by atoms with Gasteiger partial charge in [-0.05, 0) is 50.3 Å². The molecule has 3 rings (SSSR count). The molecule has 1 aromatic rings. The number of piperidine rings is 1. The van der Waals surface area contributed by atoms with Gasteiger partial charge in [-0.1, -0.05) is 0 Å². The molecule has 1 saturated heterocycles. The van der Waals surface area contributed by atoms with Crippen molar-refractivity contribution in [2.75, 3.05) is 23.3 Å². The molecule has 1 aliphatic heterocycles. The molecule has 0 unspecified atom stereocenters. The van der Waals surface area contributed by atoms with Crippen molar-refractivity contribution in [3.63, 3.8) is 0 Å². The SMILES string of the molecule is N#CNC1CC(C(=O)Nc2ccc(F)c(N3CCCCC3)c2)C1. The number of rotatable bonds is 4. The highest BCUT2D eigenvalue weighted by Gasteiger charge is 2.34. The summed E-state index contributed by atoms with van der Waals surface area (Å²) in [5.74, 6) is -0.381. The average Bonchev–Trinajstić information content (AvgIpc) is 2.53. The number of hydrogen-bond acceptors (Lipinski definition) is 4. The first-order chi connectivity index (χ1) is 11.2. The molecule has 2 fully saturated rings. The van der Waals surface area contributed by atoms with Gasteiger partial charge in [0.1, 0.15) is 5.82 Å². The summed E-state index contributed by atoms with van der Waals surface area (Å²) in [6.45, 7) is 1.72. The third-order valence-electron chi connectivity index (χ3n) is 4.69. The first kappa shape index (κ1) is 15.6. The molecule has 122 valence electrons. The Morgan fingerprint density at radius 2 is 2.00 bits per heavy atom. The lowest BCUT2D eigenvalue weighted by molar-refractivity contribution is -0.122. The van der Waals surface area contributed by atoms with Crippen LogP contribution in [-0.4, -0.2) is 25.0 Å². The molecule has 2 N–H and O–H groups in total. The number of carbonyl (C=O) groups excluding carboxylic acids is 1. The maximum Gasteiger partial charge on any atom is 0.227 e. The number of nitriles is 1. The minimum atomic E-state index is -0.244. The molecule has 23 heavy (non-hydrogen) atoms. The molecule has 0 atom stereocenters. The van der Waals surface area contributed by atoms with Crippen LogP contribution in [0.5, 0.6) is 0 Å². The molecule has 0 aromatic heterocycles. The Morgan fingerprint density at radius 3 is 2.70 bits per heavy atom. The van der Waals surface area contributed by atoms with Crippen LogP contribution in [0.3, 0.4) is 0 Å². The van der Waals surface area contributed by atoms with Gasteiger partial charge in [0, 0.05) is 30.7 Å². The van der Waals surface area contributed by atoms with Crippen molar-refractivity contribution in [2.24, 2.45) is 5.92 Å². The number of hydrogen-bond donors (Lipinski definition) is 2. The molecule has 1 aromatic carbocycles. The molecular formula is C17H21FN4O. The van der Waals surface area contributed by atoms with E-state index in [2.05, 4.69) is 10.6 Å². The number of anilines is 2. The summed E-state index contributed by atoms with van der Waals surface area (Å²) in [5, 5.41) is 14.1. The van der Waals surface area contributed by atoms with E-state index in [4.69, 9.17) is 5.26 Å². The Kier molecular flexibility index (Phi) is 4.65. The summed E-state index contributed by atoms with van der Waals surface area (Å²) in [7, 11) is 0. The number of halogens is 1. The van der Waals surface area contributed by atoms with Crippen molar-refractivity contribution in [3.8, 4) is 6.19 Å². The Balaban J connectivity index is 1.62. The van der Waals surface area contributed by atoms with Gasteiger partial charge in [0.2, 0.25) is 5.91 Å². The molecule has 1 aliphatic carbocycles. The third-order valence-corrected chi connectivity index (χ3v) is 4.69. The lowest BCUT2D eigenvalue weighted by Gasteiger charge is -2.33. The lowest BCUT2D eigenvalue weighted by atomic mass is 9.79. The third kappa shape index (κ3) is 3.55. The van der Waals surface area contributed by atoms with Crippen molar-refractivity contribution in [1.82, 2.24) is 5.32 Å². The van der Waals surface area contributed by atoms with Crippen molar-refractivity contribution in [2.45, 2.75) is 38.1 Å². The average molecular weight is 316 g/mol. The van der Waals surface area contributed by atoms with E-state index >= 15 is 0 Å². The molecule has 2 aliphatic rings. The smallest absolute Gasteiger partial charge is 0.227 e. The number of amides is 1. The van der Waals surface area contributed by atoms with Gasteiger partial charge in [-0.2, -0.15) is 5.26 Å². The maximum atomic E-state index is 14.1. The minimum absolute atomic E-state index is 0.0582. The summed E-state index contributed by atoms with van der Waals surface area (Å²) in [6, 6.07) is 4.85. The summed E-state index contributed by atoms with van der Waals surface area (Å²) in [5.41, 5.74) is 1.20. The molecule has 1 saturated carbocycles. The number of nitrogens with one attached hydrogen (secondary N) is 2. The van der Waals surface area contributed by atoms with Gasteiger partial charge in [0.15, 0.2) is 6.19 Å². The molecule has 1 amide bonds. The van der Waals surface area contributed by atoms with Crippen LogP contribution in [-0.2, 0) is 4.79 Å². The second-order valence-electron chi connectivity index (χ2n) is 6.32. The van der Waals surface area contributed by atoms with Gasteiger partial charge in [-0.25, -0.2) is 4.39 Å². The molecular weight excluding hydrogens is 295 g/mol. The van der Waals surface area contributed by atoms with Gasteiger partial charge in [0.05, 0.1) is 5.69 Å². The van der Waals surface area contributed by atoms with E-state index in [1.54, 1.807) is 12.1 Å². The minimum Gasteiger partial charge on any atom is -0.369 e. The van der Waals surface area contributed by atoms with E-state index < -0.39 is 0 Å². The fourth-order valence-electron chi connectivity index (χ4n) is 3.25. The van der Waals surface area contributed by atoms with Crippen molar-refractivity contribution in [3.05, 3.63) is 24.0 Å². The van der Waals surface area contributed by atoms with Crippen molar-refractivity contribution < 1.29 is 9.18 Å². The molecule has 5 nitrogen and oxygen atoms in total. The standard InChI is InChI=1S/C17H21FN4O/c18-15-5-4-13(10-16(15)22-6-2-1-3-7-22)21-17(23)12-8-14(9-12)20-11-19/h4-5,10,12,14,20H,1-3,6-9H2,(H,21,23). The highest BCUT2D eigenvalue weighted by atomic mass is 19.1. The number of benzene rings is 1. The topological polar surface area (TPSA) is 68.2 Å². The zero-order valence-corrected chi connectivity index (χ0v) is 13.0. The van der Waals surface area contributed by atoms with E-state index in [9.17, 15) is 9.18 Å². The molecule has 0 bridgehead atoms. The van der Waals surface area contributed by atoms with Crippen LogP contribution in [0.25, 0.3) is 0 Å². The van der Waals surface area contributed by atoms with Gasteiger partial charge in [-0.15, -0.1) is 0 Å². The van der Waals surface area contributed by atoms with Gasteiger partial charge < -0.3 is 15.5 Å².